The van der Waals surface area contributed by atoms with Crippen molar-refractivity contribution in [2.45, 2.75) is 65.1 Å². The van der Waals surface area contributed by atoms with Gasteiger partial charge in [-0.15, -0.1) is 0 Å². The number of carbonyl (C=O) groups is 1. The molecule has 0 aromatic rings. The molecular weight excluding hydrogens is 204 g/mol. The van der Waals surface area contributed by atoms with Crippen LogP contribution in [-0.4, -0.2) is 24.3 Å². The molecule has 1 aliphatic heterocycles. The predicted octanol–water partition coefficient (Wildman–Crippen LogP) is 2.92. The van der Waals surface area contributed by atoms with Gasteiger partial charge in [0, 0.05) is 19.8 Å². The Balaban J connectivity index is 2.61. The number of ether oxygens (including phenoxy) is 2. The first-order chi connectivity index (χ1) is 7.50. The zero-order chi connectivity index (χ0) is 12.2. The van der Waals surface area contributed by atoms with Crippen molar-refractivity contribution in [1.29, 1.82) is 0 Å². The van der Waals surface area contributed by atoms with Crippen molar-refractivity contribution >= 4 is 5.97 Å². The summed E-state index contributed by atoms with van der Waals surface area (Å²) in [7, 11) is 0. The Morgan fingerprint density at radius 1 is 1.50 bits per heavy atom. The van der Waals surface area contributed by atoms with E-state index in [1.807, 2.05) is 6.92 Å². The highest BCUT2D eigenvalue weighted by Gasteiger charge is 2.37. The van der Waals surface area contributed by atoms with Gasteiger partial charge in [-0.3, -0.25) is 4.79 Å². The van der Waals surface area contributed by atoms with Crippen LogP contribution in [0.5, 0.6) is 0 Å². The van der Waals surface area contributed by atoms with Crippen LogP contribution < -0.4 is 0 Å². The van der Waals surface area contributed by atoms with E-state index in [2.05, 4.69) is 13.8 Å². The largest absolute Gasteiger partial charge is 0.459 e. The van der Waals surface area contributed by atoms with Crippen LogP contribution in [0.2, 0.25) is 0 Å². The van der Waals surface area contributed by atoms with Crippen LogP contribution in [-0.2, 0) is 14.3 Å². The molecule has 0 N–H and O–H groups in total. The molecule has 1 rings (SSSR count). The number of esters is 1. The molecule has 16 heavy (non-hydrogen) atoms. The zero-order valence-corrected chi connectivity index (χ0v) is 10.9. The Hall–Kier alpha value is -0.570. The predicted molar refractivity (Wildman–Crippen MR) is 63.2 cm³/mol. The summed E-state index contributed by atoms with van der Waals surface area (Å²) in [6, 6.07) is 0. The first-order valence-corrected chi connectivity index (χ1v) is 6.32. The monoisotopic (exact) mass is 228 g/mol. The van der Waals surface area contributed by atoms with E-state index in [-0.39, 0.29) is 17.7 Å². The first kappa shape index (κ1) is 13.5. The van der Waals surface area contributed by atoms with Crippen molar-refractivity contribution in [3.8, 4) is 0 Å². The van der Waals surface area contributed by atoms with E-state index >= 15 is 0 Å². The molecule has 3 heteroatoms. The molecule has 1 aliphatic rings. The van der Waals surface area contributed by atoms with Crippen molar-refractivity contribution in [2.75, 3.05) is 6.61 Å². The normalized spacial score (nSPS) is 30.4. The molecule has 0 aliphatic carbocycles. The van der Waals surface area contributed by atoms with Crippen molar-refractivity contribution in [3.63, 3.8) is 0 Å². The third kappa shape index (κ3) is 3.48. The molecule has 0 aromatic heterocycles. The van der Waals surface area contributed by atoms with Crippen LogP contribution in [0.1, 0.15) is 53.4 Å². The minimum atomic E-state index is -0.322. The van der Waals surface area contributed by atoms with Crippen LogP contribution in [0.25, 0.3) is 0 Å². The summed E-state index contributed by atoms with van der Waals surface area (Å²) in [5.41, 5.74) is -0.322. The fourth-order valence-electron chi connectivity index (χ4n) is 2.57. The van der Waals surface area contributed by atoms with E-state index in [1.165, 1.54) is 6.92 Å². The van der Waals surface area contributed by atoms with E-state index in [1.54, 1.807) is 0 Å². The molecule has 0 amide bonds. The first-order valence-electron chi connectivity index (χ1n) is 6.32. The summed E-state index contributed by atoms with van der Waals surface area (Å²) in [5.74, 6) is 0.392. The third-order valence-corrected chi connectivity index (χ3v) is 3.56. The second-order valence-electron chi connectivity index (χ2n) is 4.98. The van der Waals surface area contributed by atoms with Gasteiger partial charge in [0.25, 0.3) is 0 Å². The van der Waals surface area contributed by atoms with Gasteiger partial charge in [-0.1, -0.05) is 26.7 Å². The Morgan fingerprint density at radius 3 is 2.62 bits per heavy atom. The maximum atomic E-state index is 11.1. The molecule has 1 saturated heterocycles. The number of rotatable bonds is 4. The van der Waals surface area contributed by atoms with E-state index < -0.39 is 0 Å². The molecule has 0 aromatic carbocycles. The summed E-state index contributed by atoms with van der Waals surface area (Å²) in [5, 5.41) is 0. The summed E-state index contributed by atoms with van der Waals surface area (Å²) in [4.78, 5) is 11.1. The van der Waals surface area contributed by atoms with Crippen molar-refractivity contribution in [1.82, 2.24) is 0 Å². The van der Waals surface area contributed by atoms with E-state index in [9.17, 15) is 4.79 Å². The average molecular weight is 228 g/mol. The van der Waals surface area contributed by atoms with Gasteiger partial charge in [0.1, 0.15) is 5.60 Å². The Kier molecular flexibility index (Phi) is 4.78. The van der Waals surface area contributed by atoms with Gasteiger partial charge in [-0.05, 0) is 12.8 Å². The van der Waals surface area contributed by atoms with Gasteiger partial charge >= 0.3 is 5.97 Å². The average Bonchev–Trinajstić information content (AvgIpc) is 2.17. The fourth-order valence-corrected chi connectivity index (χ4v) is 2.57. The highest BCUT2D eigenvalue weighted by atomic mass is 16.6. The number of hydrogen-bond donors (Lipinski definition) is 0. The van der Waals surface area contributed by atoms with Gasteiger partial charge in [-0.2, -0.15) is 0 Å². The molecule has 2 unspecified atom stereocenters. The van der Waals surface area contributed by atoms with Gasteiger partial charge < -0.3 is 9.47 Å². The quantitative estimate of drug-likeness (QED) is 0.694. The molecule has 3 nitrogen and oxygen atoms in total. The molecule has 1 heterocycles. The van der Waals surface area contributed by atoms with Gasteiger partial charge in [0.15, 0.2) is 0 Å². The lowest BCUT2D eigenvalue weighted by molar-refractivity contribution is -0.173. The second-order valence-corrected chi connectivity index (χ2v) is 4.98. The lowest BCUT2D eigenvalue weighted by Crippen LogP contribution is -2.44. The maximum Gasteiger partial charge on any atom is 0.303 e. The van der Waals surface area contributed by atoms with Crippen molar-refractivity contribution in [3.05, 3.63) is 0 Å². The Labute approximate surface area is 98.5 Å². The second kappa shape index (κ2) is 5.67. The summed E-state index contributed by atoms with van der Waals surface area (Å²) < 4.78 is 11.2. The Bertz CT molecular complexity index is 235. The van der Waals surface area contributed by atoms with E-state index in [0.717, 1.165) is 25.7 Å². The molecular formula is C13H24O3. The van der Waals surface area contributed by atoms with Crippen LogP contribution in [0.15, 0.2) is 0 Å². The smallest absolute Gasteiger partial charge is 0.303 e. The minimum absolute atomic E-state index is 0.187. The highest BCUT2D eigenvalue weighted by Crippen LogP contribution is 2.33. The molecule has 0 spiro atoms. The topological polar surface area (TPSA) is 35.5 Å². The van der Waals surface area contributed by atoms with E-state index in [4.69, 9.17) is 9.47 Å². The third-order valence-electron chi connectivity index (χ3n) is 3.56. The van der Waals surface area contributed by atoms with Crippen LogP contribution >= 0.6 is 0 Å². The molecule has 1 fully saturated rings. The van der Waals surface area contributed by atoms with Gasteiger partial charge in [-0.25, -0.2) is 0 Å². The van der Waals surface area contributed by atoms with Crippen LogP contribution in [0, 0.1) is 5.92 Å². The lowest BCUT2D eigenvalue weighted by Gasteiger charge is -2.40. The Morgan fingerprint density at radius 2 is 2.12 bits per heavy atom. The van der Waals surface area contributed by atoms with Crippen LogP contribution in [0.3, 0.4) is 0 Å². The fraction of sp³-hybridized carbons (Fsp3) is 0.923. The van der Waals surface area contributed by atoms with Gasteiger partial charge in [0.05, 0.1) is 12.7 Å². The minimum Gasteiger partial charge on any atom is -0.459 e. The molecule has 0 radical (unpaired) electrons. The highest BCUT2D eigenvalue weighted by molar-refractivity contribution is 5.66. The summed E-state index contributed by atoms with van der Waals surface area (Å²) >= 11 is 0. The summed E-state index contributed by atoms with van der Waals surface area (Å²) in [6.07, 6.45) is 4.13. The molecule has 2 atom stereocenters. The van der Waals surface area contributed by atoms with Gasteiger partial charge in [0.2, 0.25) is 0 Å². The molecule has 94 valence electrons. The molecule has 0 saturated carbocycles. The zero-order valence-electron chi connectivity index (χ0n) is 10.9. The maximum absolute atomic E-state index is 11.1. The van der Waals surface area contributed by atoms with Crippen LogP contribution in [0.4, 0.5) is 0 Å². The SMILES string of the molecule is CCC(CC)C1CC(C)(OC(C)=O)CCO1. The van der Waals surface area contributed by atoms with Crippen molar-refractivity contribution < 1.29 is 14.3 Å². The standard InChI is InChI=1S/C13H24O3/c1-5-11(6-2)12-9-13(4,7-8-15-12)16-10(3)14/h11-12H,5-9H2,1-4H3. The van der Waals surface area contributed by atoms with E-state index in [0.29, 0.717) is 12.5 Å². The number of hydrogen-bond acceptors (Lipinski definition) is 3. The lowest BCUT2D eigenvalue weighted by atomic mass is 9.84. The summed E-state index contributed by atoms with van der Waals surface area (Å²) in [6.45, 7) is 8.58. The molecule has 0 bridgehead atoms. The van der Waals surface area contributed by atoms with Crippen molar-refractivity contribution in [2.24, 2.45) is 5.92 Å². The number of carbonyl (C=O) groups excluding carboxylic acids is 1.